The van der Waals surface area contributed by atoms with Gasteiger partial charge in [0.15, 0.2) is 11.6 Å². The fraction of sp³-hybridized carbons (Fsp3) is 0. The first-order chi connectivity index (χ1) is 12.0. The molecule has 0 spiro atoms. The average molecular weight is 361 g/mol. The molecular weight excluding hydrogens is 350 g/mol. The van der Waals surface area contributed by atoms with Crippen molar-refractivity contribution in [2.45, 2.75) is 0 Å². The van der Waals surface area contributed by atoms with E-state index in [-0.39, 0.29) is 22.2 Å². The summed E-state index contributed by atoms with van der Waals surface area (Å²) in [6.45, 7) is 0. The van der Waals surface area contributed by atoms with Crippen LogP contribution in [-0.2, 0) is 0 Å². The van der Waals surface area contributed by atoms with Gasteiger partial charge in [-0.3, -0.25) is 9.78 Å². The number of carbonyl (C=O) groups is 1. The smallest absolute Gasteiger partial charge is 0.274 e. The molecule has 0 saturated carbocycles. The summed E-state index contributed by atoms with van der Waals surface area (Å²) in [4.78, 5) is 16.0. The summed E-state index contributed by atoms with van der Waals surface area (Å²) < 4.78 is 32.1. The molecule has 1 amide bonds. The van der Waals surface area contributed by atoms with E-state index in [1.165, 1.54) is 24.4 Å². The molecule has 3 aromatic rings. The lowest BCUT2D eigenvalue weighted by atomic mass is 10.2. The zero-order valence-corrected chi connectivity index (χ0v) is 13.4. The minimum Gasteiger partial charge on any atom is -0.453 e. The Morgan fingerprint density at radius 1 is 1.04 bits per heavy atom. The number of hydrogen-bond acceptors (Lipinski definition) is 3. The van der Waals surface area contributed by atoms with Gasteiger partial charge in [0.2, 0.25) is 0 Å². The van der Waals surface area contributed by atoms with E-state index in [2.05, 4.69) is 10.3 Å². The molecule has 1 heterocycles. The van der Waals surface area contributed by atoms with Crippen LogP contribution in [0.2, 0.25) is 5.02 Å². The highest BCUT2D eigenvalue weighted by Gasteiger charge is 2.12. The summed E-state index contributed by atoms with van der Waals surface area (Å²) in [7, 11) is 0. The van der Waals surface area contributed by atoms with E-state index in [4.69, 9.17) is 16.3 Å². The van der Waals surface area contributed by atoms with Crippen LogP contribution in [0, 0.1) is 11.6 Å². The first kappa shape index (κ1) is 16.9. The van der Waals surface area contributed by atoms with Gasteiger partial charge in [-0.05, 0) is 42.5 Å². The van der Waals surface area contributed by atoms with Gasteiger partial charge >= 0.3 is 0 Å². The van der Waals surface area contributed by atoms with Gasteiger partial charge in [0.1, 0.15) is 17.3 Å². The summed E-state index contributed by atoms with van der Waals surface area (Å²) in [6.07, 6.45) is 1.51. The molecule has 0 saturated heterocycles. The summed E-state index contributed by atoms with van der Waals surface area (Å²) >= 11 is 6.09. The molecular formula is C18H11ClF2N2O2. The number of nitrogens with one attached hydrogen (secondary N) is 1. The van der Waals surface area contributed by atoms with E-state index in [0.29, 0.717) is 5.69 Å². The molecule has 126 valence electrons. The van der Waals surface area contributed by atoms with Crippen LogP contribution in [0.3, 0.4) is 0 Å². The summed E-state index contributed by atoms with van der Waals surface area (Å²) in [6, 6.07) is 12.2. The number of benzene rings is 2. The maximum absolute atomic E-state index is 13.6. The predicted molar refractivity (Wildman–Crippen MR) is 90.1 cm³/mol. The van der Waals surface area contributed by atoms with Crippen molar-refractivity contribution in [1.29, 1.82) is 0 Å². The van der Waals surface area contributed by atoms with E-state index < -0.39 is 17.5 Å². The highest BCUT2D eigenvalue weighted by molar-refractivity contribution is 6.32. The number of pyridine rings is 1. The molecule has 0 aliphatic carbocycles. The molecule has 1 N–H and O–H groups in total. The van der Waals surface area contributed by atoms with Crippen molar-refractivity contribution in [2.24, 2.45) is 0 Å². The third-order valence-electron chi connectivity index (χ3n) is 3.20. The van der Waals surface area contributed by atoms with Crippen LogP contribution in [0.5, 0.6) is 11.5 Å². The highest BCUT2D eigenvalue weighted by Crippen LogP contribution is 2.33. The van der Waals surface area contributed by atoms with E-state index in [0.717, 1.165) is 18.2 Å². The molecule has 0 unspecified atom stereocenters. The maximum Gasteiger partial charge on any atom is 0.274 e. The number of anilines is 1. The second-order valence-electron chi connectivity index (χ2n) is 4.99. The number of aromatic nitrogens is 1. The molecule has 0 aliphatic rings. The summed E-state index contributed by atoms with van der Waals surface area (Å²) in [5.41, 5.74) is 0.661. The molecule has 4 nitrogen and oxygen atoms in total. The Kier molecular flexibility index (Phi) is 4.90. The van der Waals surface area contributed by atoms with E-state index >= 15 is 0 Å². The Balaban J connectivity index is 1.77. The minimum atomic E-state index is -0.718. The fourth-order valence-electron chi connectivity index (χ4n) is 2.03. The number of nitrogens with zero attached hydrogens (tertiary/aromatic N) is 1. The van der Waals surface area contributed by atoms with Gasteiger partial charge in [-0.15, -0.1) is 0 Å². The Hall–Kier alpha value is -2.99. The zero-order valence-electron chi connectivity index (χ0n) is 12.7. The molecule has 0 bridgehead atoms. The number of hydrogen-bond donors (Lipinski definition) is 1. The number of ether oxygens (including phenoxy) is 1. The Morgan fingerprint density at radius 3 is 2.60 bits per heavy atom. The minimum absolute atomic E-state index is 0.127. The van der Waals surface area contributed by atoms with E-state index in [9.17, 15) is 13.6 Å². The van der Waals surface area contributed by atoms with Crippen molar-refractivity contribution < 1.29 is 18.3 Å². The van der Waals surface area contributed by atoms with Gasteiger partial charge in [-0.1, -0.05) is 17.7 Å². The Morgan fingerprint density at radius 2 is 1.88 bits per heavy atom. The van der Waals surface area contributed by atoms with Crippen molar-refractivity contribution in [3.63, 3.8) is 0 Å². The number of rotatable bonds is 4. The number of amides is 1. The fourth-order valence-corrected chi connectivity index (χ4v) is 2.25. The molecule has 0 aliphatic heterocycles. The van der Waals surface area contributed by atoms with Crippen LogP contribution in [0.4, 0.5) is 14.5 Å². The normalized spacial score (nSPS) is 10.4. The van der Waals surface area contributed by atoms with Crippen LogP contribution in [0.1, 0.15) is 10.5 Å². The van der Waals surface area contributed by atoms with Crippen molar-refractivity contribution in [2.75, 3.05) is 5.32 Å². The monoisotopic (exact) mass is 360 g/mol. The second kappa shape index (κ2) is 7.27. The van der Waals surface area contributed by atoms with Crippen molar-refractivity contribution in [3.05, 3.63) is 83.1 Å². The van der Waals surface area contributed by atoms with Crippen LogP contribution in [0.25, 0.3) is 0 Å². The quantitative estimate of drug-likeness (QED) is 0.707. The van der Waals surface area contributed by atoms with Gasteiger partial charge < -0.3 is 10.1 Å². The van der Waals surface area contributed by atoms with Crippen LogP contribution < -0.4 is 10.1 Å². The summed E-state index contributed by atoms with van der Waals surface area (Å²) in [5.74, 6) is -1.91. The third-order valence-corrected chi connectivity index (χ3v) is 3.50. The van der Waals surface area contributed by atoms with Gasteiger partial charge in [0.25, 0.3) is 5.91 Å². The molecule has 7 heteroatoms. The van der Waals surface area contributed by atoms with E-state index in [1.807, 2.05) is 0 Å². The molecule has 0 radical (unpaired) electrons. The maximum atomic E-state index is 13.6. The van der Waals surface area contributed by atoms with Crippen LogP contribution in [0.15, 0.2) is 60.8 Å². The lowest BCUT2D eigenvalue weighted by Crippen LogP contribution is -2.13. The second-order valence-corrected chi connectivity index (χ2v) is 5.40. The van der Waals surface area contributed by atoms with Gasteiger partial charge in [-0.25, -0.2) is 8.78 Å². The van der Waals surface area contributed by atoms with Crippen molar-refractivity contribution >= 4 is 23.2 Å². The zero-order chi connectivity index (χ0) is 17.8. The highest BCUT2D eigenvalue weighted by atomic mass is 35.5. The molecule has 2 aromatic carbocycles. The number of carbonyl (C=O) groups excluding carboxylic acids is 1. The van der Waals surface area contributed by atoms with Crippen LogP contribution in [-0.4, -0.2) is 10.9 Å². The van der Waals surface area contributed by atoms with Crippen molar-refractivity contribution in [3.8, 4) is 11.5 Å². The standard InChI is InChI=1S/C18H11ClF2N2O2/c19-13-10-12(23-18(24)15-3-1-2-8-22-15)5-7-16(13)25-17-9-11(20)4-6-14(17)21/h1-10H,(H,23,24). The van der Waals surface area contributed by atoms with Gasteiger partial charge in [0.05, 0.1) is 5.02 Å². The van der Waals surface area contributed by atoms with Gasteiger partial charge in [0, 0.05) is 18.0 Å². The first-order valence-electron chi connectivity index (χ1n) is 7.18. The van der Waals surface area contributed by atoms with Crippen LogP contribution >= 0.6 is 11.6 Å². The lowest BCUT2D eigenvalue weighted by Gasteiger charge is -2.10. The molecule has 1 aromatic heterocycles. The predicted octanol–water partition coefficient (Wildman–Crippen LogP) is 5.06. The topological polar surface area (TPSA) is 51.2 Å². The molecule has 25 heavy (non-hydrogen) atoms. The third kappa shape index (κ3) is 4.10. The molecule has 0 fully saturated rings. The Bertz CT molecular complexity index is 920. The average Bonchev–Trinajstić information content (AvgIpc) is 2.61. The Labute approximate surface area is 147 Å². The van der Waals surface area contributed by atoms with Gasteiger partial charge in [-0.2, -0.15) is 0 Å². The van der Waals surface area contributed by atoms with E-state index in [1.54, 1.807) is 18.2 Å². The molecule has 3 rings (SSSR count). The van der Waals surface area contributed by atoms with Crippen molar-refractivity contribution in [1.82, 2.24) is 4.98 Å². The number of halogens is 3. The molecule has 0 atom stereocenters. The SMILES string of the molecule is O=C(Nc1ccc(Oc2cc(F)ccc2F)c(Cl)c1)c1ccccn1. The lowest BCUT2D eigenvalue weighted by molar-refractivity contribution is 0.102. The first-order valence-corrected chi connectivity index (χ1v) is 7.55. The summed E-state index contributed by atoms with van der Waals surface area (Å²) in [5, 5.41) is 2.76. The largest absolute Gasteiger partial charge is 0.453 e.